The number of oxime groups is 1. The molecular weight excluding hydrogens is 286 g/mol. The molecule has 3 N–H and O–H groups in total. The van der Waals surface area contributed by atoms with Crippen LogP contribution in [-0.2, 0) is 0 Å². The van der Waals surface area contributed by atoms with Crippen LogP contribution >= 0.6 is 34.8 Å². The molecule has 1 rings (SSSR count). The van der Waals surface area contributed by atoms with Gasteiger partial charge in [0.15, 0.2) is 11.9 Å². The normalized spacial score (nSPS) is 13.5. The van der Waals surface area contributed by atoms with E-state index in [0.29, 0.717) is 27.2 Å². The van der Waals surface area contributed by atoms with Gasteiger partial charge in [-0.15, -0.1) is 0 Å². The Labute approximate surface area is 114 Å². The third-order valence-electron chi connectivity index (χ3n) is 2.06. The summed E-state index contributed by atoms with van der Waals surface area (Å²) in [6.07, 6.45) is -0.0540. The van der Waals surface area contributed by atoms with Gasteiger partial charge in [0.05, 0.1) is 15.1 Å². The highest BCUT2D eigenvalue weighted by molar-refractivity contribution is 6.43. The van der Waals surface area contributed by atoms with Gasteiger partial charge in [-0.25, -0.2) is 0 Å². The lowest BCUT2D eigenvalue weighted by Gasteiger charge is -2.17. The summed E-state index contributed by atoms with van der Waals surface area (Å²) < 4.78 is 5.49. The van der Waals surface area contributed by atoms with Crippen LogP contribution in [0.1, 0.15) is 13.3 Å². The molecule has 0 radical (unpaired) electrons. The van der Waals surface area contributed by atoms with Crippen molar-refractivity contribution in [2.24, 2.45) is 10.9 Å². The van der Waals surface area contributed by atoms with Gasteiger partial charge in [0.1, 0.15) is 5.75 Å². The van der Waals surface area contributed by atoms with Gasteiger partial charge in [-0.05, 0) is 12.5 Å². The maximum atomic E-state index is 8.59. The lowest BCUT2D eigenvalue weighted by molar-refractivity contribution is 0.247. The summed E-state index contributed by atoms with van der Waals surface area (Å²) in [5, 5.41) is 12.4. The Bertz CT molecular complexity index is 438. The third-order valence-corrected chi connectivity index (χ3v) is 3.08. The van der Waals surface area contributed by atoms with Crippen molar-refractivity contribution < 1.29 is 9.94 Å². The molecule has 0 bridgehead atoms. The summed E-state index contributed by atoms with van der Waals surface area (Å²) in [5.74, 6) is 0.300. The number of hydrogen-bond acceptors (Lipinski definition) is 3. The number of benzene rings is 1. The first-order chi connectivity index (χ1) is 7.99. The Hall–Kier alpha value is -0.840. The van der Waals surface area contributed by atoms with Crippen molar-refractivity contribution >= 4 is 40.6 Å². The molecule has 1 atom stereocenters. The summed E-state index contributed by atoms with van der Waals surface area (Å²) in [5.41, 5.74) is 5.47. The fourth-order valence-electron chi connectivity index (χ4n) is 1.17. The minimum absolute atomic E-state index is 0.0327. The highest BCUT2D eigenvalue weighted by Gasteiger charge is 2.16. The second-order valence-corrected chi connectivity index (χ2v) is 4.46. The predicted octanol–water partition coefficient (Wildman–Crippen LogP) is 3.55. The molecule has 1 aromatic carbocycles. The van der Waals surface area contributed by atoms with Crippen LogP contribution in [0.5, 0.6) is 5.75 Å². The summed E-state index contributed by atoms with van der Waals surface area (Å²) in [6.45, 7) is 1.83. The van der Waals surface area contributed by atoms with Gasteiger partial charge in [0.25, 0.3) is 0 Å². The van der Waals surface area contributed by atoms with Crippen molar-refractivity contribution in [1.82, 2.24) is 0 Å². The van der Waals surface area contributed by atoms with Gasteiger partial charge in [-0.2, -0.15) is 0 Å². The van der Waals surface area contributed by atoms with Gasteiger partial charge in [-0.1, -0.05) is 46.9 Å². The standard InChI is InChI=1S/C10H11Cl3N2O2/c1-2-8(10(14)15-16)17-9-4-6(12)5(11)3-7(9)13/h3-4,8,16H,2H2,1H3,(H2,14,15). The maximum absolute atomic E-state index is 8.59. The van der Waals surface area contributed by atoms with Crippen LogP contribution in [0.3, 0.4) is 0 Å². The zero-order chi connectivity index (χ0) is 13.0. The minimum atomic E-state index is -0.574. The average molecular weight is 298 g/mol. The molecule has 4 nitrogen and oxygen atoms in total. The van der Waals surface area contributed by atoms with Crippen molar-refractivity contribution in [2.45, 2.75) is 19.4 Å². The summed E-state index contributed by atoms with van der Waals surface area (Å²) in [4.78, 5) is 0. The Morgan fingerprint density at radius 1 is 1.35 bits per heavy atom. The van der Waals surface area contributed by atoms with Crippen molar-refractivity contribution in [3.8, 4) is 5.75 Å². The van der Waals surface area contributed by atoms with Crippen molar-refractivity contribution in [3.63, 3.8) is 0 Å². The molecule has 1 aromatic rings. The van der Waals surface area contributed by atoms with Crippen LogP contribution in [0.25, 0.3) is 0 Å². The van der Waals surface area contributed by atoms with E-state index in [1.165, 1.54) is 12.1 Å². The molecule has 17 heavy (non-hydrogen) atoms. The predicted molar refractivity (Wildman–Crippen MR) is 69.6 cm³/mol. The van der Waals surface area contributed by atoms with E-state index in [-0.39, 0.29) is 5.84 Å². The van der Waals surface area contributed by atoms with E-state index >= 15 is 0 Å². The SMILES string of the molecule is CCC(Oc1cc(Cl)c(Cl)cc1Cl)C(N)=NO. The van der Waals surface area contributed by atoms with Crippen LogP contribution in [0.2, 0.25) is 15.1 Å². The topological polar surface area (TPSA) is 67.8 Å². The number of amidine groups is 1. The van der Waals surface area contributed by atoms with Gasteiger partial charge in [-0.3, -0.25) is 0 Å². The van der Waals surface area contributed by atoms with Crippen LogP contribution in [0, 0.1) is 0 Å². The van der Waals surface area contributed by atoms with Crippen LogP contribution < -0.4 is 10.5 Å². The van der Waals surface area contributed by atoms with E-state index in [4.69, 9.17) is 50.5 Å². The van der Waals surface area contributed by atoms with Gasteiger partial charge < -0.3 is 15.7 Å². The lowest BCUT2D eigenvalue weighted by Crippen LogP contribution is -2.33. The highest BCUT2D eigenvalue weighted by atomic mass is 35.5. The minimum Gasteiger partial charge on any atom is -0.481 e. The molecule has 0 spiro atoms. The first kappa shape index (κ1) is 14.2. The molecule has 0 aromatic heterocycles. The number of hydrogen-bond donors (Lipinski definition) is 2. The van der Waals surface area contributed by atoms with E-state index in [1.54, 1.807) is 0 Å². The van der Waals surface area contributed by atoms with Crippen molar-refractivity contribution in [2.75, 3.05) is 0 Å². The molecule has 1 unspecified atom stereocenters. The number of nitrogens with zero attached hydrogens (tertiary/aromatic N) is 1. The summed E-state index contributed by atoms with van der Waals surface area (Å²) in [6, 6.07) is 2.96. The third kappa shape index (κ3) is 3.56. The Morgan fingerprint density at radius 3 is 2.47 bits per heavy atom. The highest BCUT2D eigenvalue weighted by Crippen LogP contribution is 2.34. The Morgan fingerprint density at radius 2 is 1.94 bits per heavy atom. The molecule has 0 fully saturated rings. The summed E-state index contributed by atoms with van der Waals surface area (Å²) in [7, 11) is 0. The van der Waals surface area contributed by atoms with E-state index in [2.05, 4.69) is 5.16 Å². The number of halogens is 3. The maximum Gasteiger partial charge on any atom is 0.180 e. The van der Waals surface area contributed by atoms with E-state index in [0.717, 1.165) is 0 Å². The molecule has 7 heteroatoms. The van der Waals surface area contributed by atoms with E-state index in [1.807, 2.05) is 6.92 Å². The van der Waals surface area contributed by atoms with Gasteiger partial charge in [0.2, 0.25) is 0 Å². The Kier molecular flexibility index (Phi) is 5.18. The molecule has 0 amide bonds. The molecule has 0 heterocycles. The molecule has 0 saturated heterocycles. The largest absolute Gasteiger partial charge is 0.481 e. The fraction of sp³-hybridized carbons (Fsp3) is 0.300. The van der Waals surface area contributed by atoms with E-state index in [9.17, 15) is 0 Å². The monoisotopic (exact) mass is 296 g/mol. The second kappa shape index (κ2) is 6.19. The molecule has 0 aliphatic heterocycles. The van der Waals surface area contributed by atoms with Crippen molar-refractivity contribution in [1.29, 1.82) is 0 Å². The first-order valence-electron chi connectivity index (χ1n) is 4.78. The van der Waals surface area contributed by atoms with Gasteiger partial charge in [0, 0.05) is 6.07 Å². The zero-order valence-electron chi connectivity index (χ0n) is 8.95. The number of nitrogens with two attached hydrogens (primary N) is 1. The number of rotatable bonds is 4. The molecule has 0 aliphatic rings. The second-order valence-electron chi connectivity index (χ2n) is 3.24. The Balaban J connectivity index is 2.98. The lowest BCUT2D eigenvalue weighted by atomic mass is 10.2. The first-order valence-corrected chi connectivity index (χ1v) is 5.91. The quantitative estimate of drug-likeness (QED) is 0.293. The molecule has 0 aliphatic carbocycles. The molecule has 94 valence electrons. The summed E-state index contributed by atoms with van der Waals surface area (Å²) >= 11 is 17.6. The molecular formula is C10H11Cl3N2O2. The van der Waals surface area contributed by atoms with Crippen LogP contribution in [0.15, 0.2) is 17.3 Å². The van der Waals surface area contributed by atoms with Crippen LogP contribution in [-0.4, -0.2) is 17.1 Å². The smallest absolute Gasteiger partial charge is 0.180 e. The van der Waals surface area contributed by atoms with Crippen LogP contribution in [0.4, 0.5) is 0 Å². The number of ether oxygens (including phenoxy) is 1. The van der Waals surface area contributed by atoms with Gasteiger partial charge >= 0.3 is 0 Å². The van der Waals surface area contributed by atoms with Crippen molar-refractivity contribution in [3.05, 3.63) is 27.2 Å². The van der Waals surface area contributed by atoms with E-state index < -0.39 is 6.10 Å². The molecule has 0 saturated carbocycles. The zero-order valence-corrected chi connectivity index (χ0v) is 11.2. The average Bonchev–Trinajstić information content (AvgIpc) is 2.31. The fourth-order valence-corrected chi connectivity index (χ4v) is 1.75.